The van der Waals surface area contributed by atoms with Gasteiger partial charge in [-0.3, -0.25) is 0 Å². The van der Waals surface area contributed by atoms with Crippen molar-refractivity contribution >= 4 is 21.7 Å². The minimum absolute atomic E-state index is 0.578. The highest BCUT2D eigenvalue weighted by Crippen LogP contribution is 2.41. The van der Waals surface area contributed by atoms with E-state index in [0.29, 0.717) is 6.61 Å². The van der Waals surface area contributed by atoms with Gasteiger partial charge in [-0.2, -0.15) is 0 Å². The zero-order valence-corrected chi connectivity index (χ0v) is 11.9. The van der Waals surface area contributed by atoms with Crippen LogP contribution in [0.5, 0.6) is 5.75 Å². The van der Waals surface area contributed by atoms with E-state index >= 15 is 0 Å². The Bertz CT molecular complexity index is 1030. The van der Waals surface area contributed by atoms with Crippen LogP contribution in [0.25, 0.3) is 32.9 Å². The van der Waals surface area contributed by atoms with Crippen LogP contribution in [0.4, 0.5) is 0 Å². The number of benzene rings is 3. The number of para-hydroxylation sites is 1. The van der Waals surface area contributed by atoms with E-state index in [2.05, 4.69) is 54.6 Å². The third-order valence-corrected chi connectivity index (χ3v) is 4.31. The van der Waals surface area contributed by atoms with Gasteiger partial charge in [-0.15, -0.1) is 0 Å². The molecule has 22 heavy (non-hydrogen) atoms. The van der Waals surface area contributed by atoms with E-state index in [9.17, 15) is 0 Å². The average Bonchev–Trinajstić information content (AvgIpc) is 2.59. The fourth-order valence-electron chi connectivity index (χ4n) is 3.24. The molecule has 104 valence electrons. The van der Waals surface area contributed by atoms with Gasteiger partial charge in [-0.05, 0) is 23.6 Å². The predicted molar refractivity (Wildman–Crippen MR) is 89.0 cm³/mol. The topological polar surface area (TPSA) is 22.1 Å². The van der Waals surface area contributed by atoms with Crippen LogP contribution in [0.2, 0.25) is 0 Å². The highest BCUT2D eigenvalue weighted by molar-refractivity contribution is 5.96. The van der Waals surface area contributed by atoms with Crippen LogP contribution in [0.15, 0.2) is 66.7 Å². The Hall–Kier alpha value is -2.87. The van der Waals surface area contributed by atoms with Crippen molar-refractivity contribution < 1.29 is 4.74 Å². The lowest BCUT2D eigenvalue weighted by molar-refractivity contribution is 0.305. The minimum atomic E-state index is 0.578. The maximum absolute atomic E-state index is 6.07. The van der Waals surface area contributed by atoms with E-state index < -0.39 is 0 Å². The molecule has 0 radical (unpaired) electrons. The SMILES string of the molecule is c1ccc2nc3c(cc2c1)COc1c-3ccc2ccccc12. The van der Waals surface area contributed by atoms with Crippen LogP contribution in [0, 0.1) is 0 Å². The van der Waals surface area contributed by atoms with Gasteiger partial charge in [0, 0.05) is 21.9 Å². The van der Waals surface area contributed by atoms with Crippen molar-refractivity contribution in [1.82, 2.24) is 4.98 Å². The first kappa shape index (κ1) is 11.8. The van der Waals surface area contributed by atoms with Crippen LogP contribution >= 0.6 is 0 Å². The van der Waals surface area contributed by atoms with E-state index in [4.69, 9.17) is 9.72 Å². The summed E-state index contributed by atoms with van der Waals surface area (Å²) in [7, 11) is 0. The molecule has 2 heterocycles. The maximum atomic E-state index is 6.07. The first-order valence-corrected chi connectivity index (χ1v) is 7.44. The van der Waals surface area contributed by atoms with Gasteiger partial charge < -0.3 is 4.74 Å². The van der Waals surface area contributed by atoms with E-state index in [0.717, 1.165) is 38.9 Å². The van der Waals surface area contributed by atoms with Crippen molar-refractivity contribution in [3.63, 3.8) is 0 Å². The number of hydrogen-bond acceptors (Lipinski definition) is 2. The highest BCUT2D eigenvalue weighted by atomic mass is 16.5. The summed E-state index contributed by atoms with van der Waals surface area (Å²) >= 11 is 0. The molecule has 2 nitrogen and oxygen atoms in total. The monoisotopic (exact) mass is 283 g/mol. The van der Waals surface area contributed by atoms with Gasteiger partial charge in [0.1, 0.15) is 12.4 Å². The number of nitrogens with zero attached hydrogens (tertiary/aromatic N) is 1. The molecule has 2 heteroatoms. The number of hydrogen-bond donors (Lipinski definition) is 0. The molecule has 1 aliphatic heterocycles. The second-order valence-electron chi connectivity index (χ2n) is 5.64. The summed E-state index contributed by atoms with van der Waals surface area (Å²) < 4.78 is 6.07. The summed E-state index contributed by atoms with van der Waals surface area (Å²) in [5, 5.41) is 3.51. The summed E-state index contributed by atoms with van der Waals surface area (Å²) in [5.41, 5.74) is 4.32. The molecule has 0 atom stereocenters. The Labute approximate surface area is 128 Å². The molecule has 5 rings (SSSR count). The van der Waals surface area contributed by atoms with Crippen molar-refractivity contribution in [2.24, 2.45) is 0 Å². The molecule has 0 bridgehead atoms. The average molecular weight is 283 g/mol. The summed E-state index contributed by atoms with van der Waals surface area (Å²) in [5.74, 6) is 0.952. The molecule has 1 aromatic heterocycles. The lowest BCUT2D eigenvalue weighted by Gasteiger charge is -2.22. The lowest BCUT2D eigenvalue weighted by atomic mass is 9.97. The Kier molecular flexibility index (Phi) is 2.30. The van der Waals surface area contributed by atoms with Gasteiger partial charge in [0.2, 0.25) is 0 Å². The Morgan fingerprint density at radius 3 is 2.59 bits per heavy atom. The smallest absolute Gasteiger partial charge is 0.137 e. The van der Waals surface area contributed by atoms with Gasteiger partial charge in [-0.25, -0.2) is 4.98 Å². The summed E-state index contributed by atoms with van der Waals surface area (Å²) in [6, 6.07) is 23.0. The Balaban J connectivity index is 1.86. The van der Waals surface area contributed by atoms with Gasteiger partial charge in [-0.1, -0.05) is 48.5 Å². The molecule has 3 aromatic carbocycles. The summed E-state index contributed by atoms with van der Waals surface area (Å²) in [6.07, 6.45) is 0. The van der Waals surface area contributed by atoms with Crippen LogP contribution in [-0.2, 0) is 6.61 Å². The third kappa shape index (κ3) is 1.58. The quantitative estimate of drug-likeness (QED) is 0.455. The molecule has 0 fully saturated rings. The van der Waals surface area contributed by atoms with Crippen molar-refractivity contribution in [1.29, 1.82) is 0 Å². The van der Waals surface area contributed by atoms with Gasteiger partial charge in [0.25, 0.3) is 0 Å². The standard InChI is InChI=1S/C20H13NO/c1-3-7-16-13(5-1)9-10-17-19-15(12-22-20(16)17)11-14-6-2-4-8-18(14)21-19/h1-11H,12H2. The van der Waals surface area contributed by atoms with Crippen LogP contribution < -0.4 is 4.74 Å². The number of fused-ring (bicyclic) bond motifs is 6. The Morgan fingerprint density at radius 2 is 1.64 bits per heavy atom. The molecule has 0 spiro atoms. The zero-order chi connectivity index (χ0) is 14.5. The molecule has 0 unspecified atom stereocenters. The molecule has 0 saturated heterocycles. The van der Waals surface area contributed by atoms with Gasteiger partial charge in [0.15, 0.2) is 0 Å². The third-order valence-electron chi connectivity index (χ3n) is 4.31. The second kappa shape index (κ2) is 4.31. The fraction of sp³-hybridized carbons (Fsp3) is 0.0500. The minimum Gasteiger partial charge on any atom is -0.487 e. The van der Waals surface area contributed by atoms with Crippen LogP contribution in [-0.4, -0.2) is 4.98 Å². The van der Waals surface area contributed by atoms with E-state index in [-0.39, 0.29) is 0 Å². The van der Waals surface area contributed by atoms with Crippen molar-refractivity contribution in [3.05, 3.63) is 72.3 Å². The molecule has 1 aliphatic rings. The van der Waals surface area contributed by atoms with E-state index in [1.807, 2.05) is 12.1 Å². The molecular formula is C20H13NO. The first-order chi connectivity index (χ1) is 10.9. The maximum Gasteiger partial charge on any atom is 0.137 e. The normalized spacial score (nSPS) is 12.7. The number of pyridine rings is 1. The Morgan fingerprint density at radius 1 is 0.818 bits per heavy atom. The van der Waals surface area contributed by atoms with E-state index in [1.54, 1.807) is 0 Å². The van der Waals surface area contributed by atoms with Crippen LogP contribution in [0.3, 0.4) is 0 Å². The van der Waals surface area contributed by atoms with Gasteiger partial charge >= 0.3 is 0 Å². The molecule has 4 aromatic rings. The van der Waals surface area contributed by atoms with Crippen LogP contribution in [0.1, 0.15) is 5.56 Å². The summed E-state index contributed by atoms with van der Waals surface area (Å²) in [6.45, 7) is 0.578. The highest BCUT2D eigenvalue weighted by Gasteiger charge is 2.21. The molecule has 0 aliphatic carbocycles. The van der Waals surface area contributed by atoms with E-state index in [1.165, 1.54) is 5.39 Å². The fourth-order valence-corrected chi connectivity index (χ4v) is 3.24. The lowest BCUT2D eigenvalue weighted by Crippen LogP contribution is -2.07. The zero-order valence-electron chi connectivity index (χ0n) is 11.9. The number of ether oxygens (including phenoxy) is 1. The second-order valence-corrected chi connectivity index (χ2v) is 5.64. The first-order valence-electron chi connectivity index (χ1n) is 7.44. The van der Waals surface area contributed by atoms with Crippen molar-refractivity contribution in [2.75, 3.05) is 0 Å². The van der Waals surface area contributed by atoms with Gasteiger partial charge in [0.05, 0.1) is 11.2 Å². The van der Waals surface area contributed by atoms with Crippen molar-refractivity contribution in [3.8, 4) is 17.0 Å². The summed E-state index contributed by atoms with van der Waals surface area (Å²) in [4.78, 5) is 4.88. The molecular weight excluding hydrogens is 270 g/mol. The molecule has 0 amide bonds. The number of aromatic nitrogens is 1. The molecule has 0 saturated carbocycles. The number of rotatable bonds is 0. The predicted octanol–water partition coefficient (Wildman–Crippen LogP) is 4.95. The largest absolute Gasteiger partial charge is 0.487 e. The molecule has 0 N–H and O–H groups in total. The van der Waals surface area contributed by atoms with Crippen molar-refractivity contribution in [2.45, 2.75) is 6.61 Å².